The predicted molar refractivity (Wildman–Crippen MR) is 81.2 cm³/mol. The number of hydrogen-bond acceptors (Lipinski definition) is 4. The molecule has 6 heteroatoms. The van der Waals surface area contributed by atoms with Crippen LogP contribution in [0.3, 0.4) is 0 Å². The molecule has 0 aromatic carbocycles. The number of alkyl carbamates (subject to hydrolysis) is 1. The highest BCUT2D eigenvalue weighted by atomic mass is 79.9. The van der Waals surface area contributed by atoms with Crippen LogP contribution in [0.15, 0.2) is 5.16 Å². The molecule has 5 aliphatic rings. The molecule has 0 aromatic rings. The van der Waals surface area contributed by atoms with E-state index < -0.39 is 0 Å². The first-order chi connectivity index (χ1) is 10.1. The van der Waals surface area contributed by atoms with E-state index in [2.05, 4.69) is 26.4 Å². The number of oxime groups is 1. The lowest BCUT2D eigenvalue weighted by molar-refractivity contribution is -0.127. The van der Waals surface area contributed by atoms with Crippen LogP contribution >= 0.6 is 15.9 Å². The molecule has 4 aliphatic carbocycles. The molecule has 116 valence electrons. The minimum atomic E-state index is -0.288. The van der Waals surface area contributed by atoms with Crippen LogP contribution < -0.4 is 5.32 Å². The molecule has 4 saturated carbocycles. The highest BCUT2D eigenvalue weighted by molar-refractivity contribution is 9.18. The summed E-state index contributed by atoms with van der Waals surface area (Å²) in [6, 6.07) is 0. The molecule has 0 spiro atoms. The fourth-order valence-corrected chi connectivity index (χ4v) is 5.53. The Hall–Kier alpha value is -0.780. The number of ether oxygens (including phenoxy) is 1. The second-order valence-corrected chi connectivity index (χ2v) is 8.19. The first-order valence-corrected chi connectivity index (χ1v) is 8.74. The molecule has 1 atom stereocenters. The lowest BCUT2D eigenvalue weighted by Crippen LogP contribution is -2.54. The Morgan fingerprint density at radius 1 is 1.29 bits per heavy atom. The van der Waals surface area contributed by atoms with E-state index in [0.29, 0.717) is 13.0 Å². The van der Waals surface area contributed by atoms with E-state index in [0.717, 1.165) is 41.6 Å². The van der Waals surface area contributed by atoms with Gasteiger partial charge in [-0.1, -0.05) is 5.16 Å². The molecule has 0 aromatic heterocycles. The van der Waals surface area contributed by atoms with Crippen molar-refractivity contribution in [1.29, 1.82) is 0 Å². The van der Waals surface area contributed by atoms with Crippen molar-refractivity contribution < 1.29 is 14.4 Å². The third-order valence-corrected chi connectivity index (χ3v) is 5.93. The first-order valence-electron chi connectivity index (χ1n) is 7.95. The van der Waals surface area contributed by atoms with Crippen molar-refractivity contribution in [1.82, 2.24) is 5.32 Å². The van der Waals surface area contributed by atoms with Crippen LogP contribution in [0.25, 0.3) is 0 Å². The number of carbonyl (C=O) groups is 1. The molecule has 0 radical (unpaired) electrons. The Bertz CT molecular complexity index is 444. The van der Waals surface area contributed by atoms with E-state index in [1.807, 2.05) is 0 Å². The zero-order valence-corrected chi connectivity index (χ0v) is 13.6. The van der Waals surface area contributed by atoms with Crippen LogP contribution in [-0.4, -0.2) is 29.0 Å². The number of amides is 1. The van der Waals surface area contributed by atoms with E-state index in [1.54, 1.807) is 0 Å². The average molecular weight is 357 g/mol. The minimum absolute atomic E-state index is 0.0803. The molecule has 1 N–H and O–H groups in total. The van der Waals surface area contributed by atoms with Gasteiger partial charge in [0.1, 0.15) is 10.2 Å². The molecule has 1 aliphatic heterocycles. The maximum Gasteiger partial charge on any atom is 0.407 e. The molecule has 1 heterocycles. The largest absolute Gasteiger partial charge is 0.443 e. The van der Waals surface area contributed by atoms with Crippen molar-refractivity contribution in [2.24, 2.45) is 22.9 Å². The van der Waals surface area contributed by atoms with Crippen molar-refractivity contribution in [3.63, 3.8) is 0 Å². The molecule has 4 fully saturated rings. The van der Waals surface area contributed by atoms with Crippen molar-refractivity contribution in [2.45, 2.75) is 56.7 Å². The molecule has 21 heavy (non-hydrogen) atoms. The van der Waals surface area contributed by atoms with Crippen molar-refractivity contribution in [3.05, 3.63) is 0 Å². The van der Waals surface area contributed by atoms with Crippen LogP contribution in [0.5, 0.6) is 0 Å². The SMILES string of the molecule is O=C(NCC1CC(Br)=NO1)OC12CC3CC(CC(C3)C1)C2. The van der Waals surface area contributed by atoms with Gasteiger partial charge in [0.15, 0.2) is 6.10 Å². The van der Waals surface area contributed by atoms with Crippen LogP contribution in [0, 0.1) is 17.8 Å². The maximum atomic E-state index is 12.1. The Kier molecular flexibility index (Phi) is 3.39. The van der Waals surface area contributed by atoms with E-state index in [9.17, 15) is 4.79 Å². The second kappa shape index (κ2) is 5.14. The molecule has 0 saturated heterocycles. The van der Waals surface area contributed by atoms with Gasteiger partial charge in [-0.15, -0.1) is 0 Å². The van der Waals surface area contributed by atoms with Gasteiger partial charge in [0.2, 0.25) is 0 Å². The zero-order valence-electron chi connectivity index (χ0n) is 12.0. The van der Waals surface area contributed by atoms with Gasteiger partial charge in [0.05, 0.1) is 6.54 Å². The van der Waals surface area contributed by atoms with Gasteiger partial charge in [0.25, 0.3) is 0 Å². The Labute approximate surface area is 132 Å². The third-order valence-electron chi connectivity index (χ3n) is 5.46. The quantitative estimate of drug-likeness (QED) is 0.844. The van der Waals surface area contributed by atoms with Gasteiger partial charge in [-0.3, -0.25) is 0 Å². The van der Waals surface area contributed by atoms with Gasteiger partial charge in [-0.05, 0) is 72.2 Å². The van der Waals surface area contributed by atoms with Crippen LogP contribution in [0.4, 0.5) is 4.79 Å². The number of carbonyl (C=O) groups excluding carboxylic acids is 1. The Morgan fingerprint density at radius 2 is 1.90 bits per heavy atom. The summed E-state index contributed by atoms with van der Waals surface area (Å²) in [5, 5.41) is 6.66. The van der Waals surface area contributed by atoms with E-state index in [-0.39, 0.29) is 17.8 Å². The van der Waals surface area contributed by atoms with Gasteiger partial charge in [0, 0.05) is 6.42 Å². The minimum Gasteiger partial charge on any atom is -0.443 e. The van der Waals surface area contributed by atoms with Gasteiger partial charge in [-0.2, -0.15) is 0 Å². The fraction of sp³-hybridized carbons (Fsp3) is 0.867. The summed E-state index contributed by atoms with van der Waals surface area (Å²) in [6.07, 6.45) is 7.61. The zero-order chi connectivity index (χ0) is 14.4. The lowest BCUT2D eigenvalue weighted by Gasteiger charge is -2.55. The first kappa shape index (κ1) is 13.9. The molecule has 1 unspecified atom stereocenters. The van der Waals surface area contributed by atoms with Crippen LogP contribution in [0.1, 0.15) is 44.9 Å². The predicted octanol–water partition coefficient (Wildman–Crippen LogP) is 3.18. The molecule has 1 amide bonds. The second-order valence-electron chi connectivity index (χ2n) is 7.27. The topological polar surface area (TPSA) is 59.9 Å². The lowest BCUT2D eigenvalue weighted by atomic mass is 9.54. The highest BCUT2D eigenvalue weighted by Crippen LogP contribution is 2.57. The normalized spacial score (nSPS) is 43.4. The molecular weight excluding hydrogens is 336 g/mol. The number of halogens is 1. The number of rotatable bonds is 3. The van der Waals surface area contributed by atoms with Crippen LogP contribution in [0.2, 0.25) is 0 Å². The van der Waals surface area contributed by atoms with E-state index in [1.165, 1.54) is 19.3 Å². The fourth-order valence-electron chi connectivity index (χ4n) is 5.09. The molecular formula is C15H21BrN2O3. The number of nitrogens with zero attached hydrogens (tertiary/aromatic N) is 1. The molecule has 5 nitrogen and oxygen atoms in total. The highest BCUT2D eigenvalue weighted by Gasteiger charge is 2.53. The Balaban J connectivity index is 1.30. The smallest absolute Gasteiger partial charge is 0.407 e. The summed E-state index contributed by atoms with van der Waals surface area (Å²) in [5.41, 5.74) is -0.174. The number of hydrogen-bond donors (Lipinski definition) is 1. The third kappa shape index (κ3) is 2.79. The summed E-state index contributed by atoms with van der Waals surface area (Å²) in [5.74, 6) is 2.35. The van der Waals surface area contributed by atoms with Crippen molar-refractivity contribution in [3.8, 4) is 0 Å². The summed E-state index contributed by atoms with van der Waals surface area (Å²) in [6.45, 7) is 0.448. The standard InChI is InChI=1S/C15H21BrN2O3/c16-13-4-12(21-18-13)8-17-14(19)20-15-5-9-1-10(6-15)3-11(2-9)7-15/h9-12H,1-8H2,(H,17,19). The monoisotopic (exact) mass is 356 g/mol. The van der Waals surface area contributed by atoms with E-state index >= 15 is 0 Å². The summed E-state index contributed by atoms with van der Waals surface area (Å²) < 4.78 is 6.68. The van der Waals surface area contributed by atoms with Gasteiger partial charge >= 0.3 is 6.09 Å². The molecule has 4 bridgehead atoms. The van der Waals surface area contributed by atoms with Crippen molar-refractivity contribution >= 4 is 26.6 Å². The summed E-state index contributed by atoms with van der Waals surface area (Å²) in [7, 11) is 0. The summed E-state index contributed by atoms with van der Waals surface area (Å²) >= 11 is 3.29. The maximum absolute atomic E-state index is 12.1. The summed E-state index contributed by atoms with van der Waals surface area (Å²) in [4.78, 5) is 17.3. The average Bonchev–Trinajstić information content (AvgIpc) is 2.80. The number of nitrogens with one attached hydrogen (secondary N) is 1. The Morgan fingerprint density at radius 3 is 2.43 bits per heavy atom. The van der Waals surface area contributed by atoms with Crippen molar-refractivity contribution in [2.75, 3.05) is 6.54 Å². The van der Waals surface area contributed by atoms with Crippen LogP contribution in [-0.2, 0) is 9.57 Å². The van der Waals surface area contributed by atoms with Gasteiger partial charge < -0.3 is 14.9 Å². The molecule has 5 rings (SSSR count). The van der Waals surface area contributed by atoms with Gasteiger partial charge in [-0.25, -0.2) is 4.79 Å². The van der Waals surface area contributed by atoms with E-state index in [4.69, 9.17) is 9.57 Å².